The first kappa shape index (κ1) is 12.0. The Bertz CT molecular complexity index is 421. The molecule has 1 aromatic carbocycles. The first-order valence-corrected chi connectivity index (χ1v) is 4.45. The second kappa shape index (κ2) is 5.11. The standard InChI is InChI=1S/C10H11FN2O3/c1-6(14)12-8-4-3-7(11)5-9(8)13-10(15)16-2/h3-5H,1-2H3,(H,12,14)(H,13,15). The van der Waals surface area contributed by atoms with Crippen LogP contribution in [-0.4, -0.2) is 19.1 Å². The average molecular weight is 226 g/mol. The van der Waals surface area contributed by atoms with Gasteiger partial charge in [0.15, 0.2) is 0 Å². The zero-order valence-electron chi connectivity index (χ0n) is 8.83. The van der Waals surface area contributed by atoms with E-state index in [0.717, 1.165) is 6.07 Å². The molecule has 2 amide bonds. The molecule has 0 aromatic heterocycles. The number of hydrogen-bond acceptors (Lipinski definition) is 3. The number of methoxy groups -OCH3 is 1. The SMILES string of the molecule is COC(=O)Nc1cc(F)ccc1NC(C)=O. The number of nitrogens with one attached hydrogen (secondary N) is 2. The number of anilines is 2. The first-order valence-electron chi connectivity index (χ1n) is 4.45. The van der Waals surface area contributed by atoms with E-state index in [4.69, 9.17) is 0 Å². The summed E-state index contributed by atoms with van der Waals surface area (Å²) in [5.41, 5.74) is 0.446. The number of ether oxygens (including phenoxy) is 1. The molecule has 0 aliphatic heterocycles. The van der Waals surface area contributed by atoms with Crippen molar-refractivity contribution in [1.82, 2.24) is 0 Å². The Labute approximate surface area is 91.6 Å². The van der Waals surface area contributed by atoms with Crippen LogP contribution in [-0.2, 0) is 9.53 Å². The van der Waals surface area contributed by atoms with Gasteiger partial charge in [0.05, 0.1) is 18.5 Å². The van der Waals surface area contributed by atoms with Crippen molar-refractivity contribution in [3.05, 3.63) is 24.0 Å². The molecule has 0 radical (unpaired) electrons. The Morgan fingerprint density at radius 3 is 2.50 bits per heavy atom. The van der Waals surface area contributed by atoms with Gasteiger partial charge in [-0.2, -0.15) is 0 Å². The number of hydrogen-bond donors (Lipinski definition) is 2. The van der Waals surface area contributed by atoms with Crippen molar-refractivity contribution >= 4 is 23.4 Å². The predicted octanol–water partition coefficient (Wildman–Crippen LogP) is 1.96. The van der Waals surface area contributed by atoms with Gasteiger partial charge in [-0.3, -0.25) is 10.1 Å². The summed E-state index contributed by atoms with van der Waals surface area (Å²) >= 11 is 0. The molecule has 1 rings (SSSR count). The molecule has 0 heterocycles. The van der Waals surface area contributed by atoms with E-state index in [1.807, 2.05) is 0 Å². The van der Waals surface area contributed by atoms with E-state index >= 15 is 0 Å². The minimum Gasteiger partial charge on any atom is -0.453 e. The highest BCUT2D eigenvalue weighted by atomic mass is 19.1. The van der Waals surface area contributed by atoms with Gasteiger partial charge in [0, 0.05) is 6.92 Å². The van der Waals surface area contributed by atoms with Crippen LogP contribution in [0, 0.1) is 5.82 Å². The lowest BCUT2D eigenvalue weighted by atomic mass is 10.2. The van der Waals surface area contributed by atoms with Gasteiger partial charge < -0.3 is 10.1 Å². The lowest BCUT2D eigenvalue weighted by Crippen LogP contribution is -2.14. The van der Waals surface area contributed by atoms with E-state index in [2.05, 4.69) is 15.4 Å². The van der Waals surface area contributed by atoms with Crippen molar-refractivity contribution in [2.24, 2.45) is 0 Å². The highest BCUT2D eigenvalue weighted by Gasteiger charge is 2.08. The van der Waals surface area contributed by atoms with Crippen LogP contribution in [0.4, 0.5) is 20.6 Å². The molecule has 0 aliphatic carbocycles. The van der Waals surface area contributed by atoms with Crippen LogP contribution >= 0.6 is 0 Å². The van der Waals surface area contributed by atoms with Gasteiger partial charge >= 0.3 is 6.09 Å². The van der Waals surface area contributed by atoms with Crippen LogP contribution in [0.15, 0.2) is 18.2 Å². The van der Waals surface area contributed by atoms with Crippen molar-refractivity contribution < 1.29 is 18.7 Å². The number of amides is 2. The van der Waals surface area contributed by atoms with Crippen LogP contribution in [0.1, 0.15) is 6.92 Å². The van der Waals surface area contributed by atoms with Gasteiger partial charge in [-0.1, -0.05) is 0 Å². The number of rotatable bonds is 2. The predicted molar refractivity (Wildman–Crippen MR) is 56.7 cm³/mol. The molecule has 0 unspecified atom stereocenters. The Morgan fingerprint density at radius 1 is 1.25 bits per heavy atom. The Balaban J connectivity index is 2.98. The highest BCUT2D eigenvalue weighted by molar-refractivity contribution is 5.96. The van der Waals surface area contributed by atoms with Gasteiger partial charge in [-0.15, -0.1) is 0 Å². The van der Waals surface area contributed by atoms with E-state index in [0.29, 0.717) is 5.69 Å². The Morgan fingerprint density at radius 2 is 1.94 bits per heavy atom. The zero-order valence-corrected chi connectivity index (χ0v) is 8.83. The van der Waals surface area contributed by atoms with Gasteiger partial charge in [-0.25, -0.2) is 9.18 Å². The van der Waals surface area contributed by atoms with Gasteiger partial charge in [0.25, 0.3) is 0 Å². The van der Waals surface area contributed by atoms with Crippen LogP contribution in [0.5, 0.6) is 0 Å². The van der Waals surface area contributed by atoms with Crippen LogP contribution in [0.2, 0.25) is 0 Å². The van der Waals surface area contributed by atoms with Gasteiger partial charge in [-0.05, 0) is 18.2 Å². The molecule has 1 aromatic rings. The third kappa shape index (κ3) is 3.23. The highest BCUT2D eigenvalue weighted by Crippen LogP contribution is 2.22. The minimum absolute atomic E-state index is 0.141. The van der Waals surface area contributed by atoms with Crippen LogP contribution < -0.4 is 10.6 Å². The fourth-order valence-corrected chi connectivity index (χ4v) is 1.08. The van der Waals surface area contributed by atoms with Crippen molar-refractivity contribution in [3.63, 3.8) is 0 Å². The molecule has 5 nitrogen and oxygen atoms in total. The summed E-state index contributed by atoms with van der Waals surface area (Å²) in [5, 5.41) is 4.74. The third-order valence-corrected chi connectivity index (χ3v) is 1.71. The molecule has 0 fully saturated rings. The number of carbonyl (C=O) groups excluding carboxylic acids is 2. The summed E-state index contributed by atoms with van der Waals surface area (Å²) in [6.07, 6.45) is -0.739. The summed E-state index contributed by atoms with van der Waals surface area (Å²) in [6, 6.07) is 3.61. The Hall–Kier alpha value is -2.11. The monoisotopic (exact) mass is 226 g/mol. The summed E-state index contributed by atoms with van der Waals surface area (Å²) in [5.74, 6) is -0.847. The van der Waals surface area contributed by atoms with E-state index in [-0.39, 0.29) is 11.6 Å². The topological polar surface area (TPSA) is 67.4 Å². The molecule has 0 aliphatic rings. The summed E-state index contributed by atoms with van der Waals surface area (Å²) < 4.78 is 17.3. The lowest BCUT2D eigenvalue weighted by Gasteiger charge is -2.10. The molecular weight excluding hydrogens is 215 g/mol. The molecule has 2 N–H and O–H groups in total. The Kier molecular flexibility index (Phi) is 3.82. The van der Waals surface area contributed by atoms with Crippen molar-refractivity contribution in [2.45, 2.75) is 6.92 Å². The largest absolute Gasteiger partial charge is 0.453 e. The molecule has 0 spiro atoms. The van der Waals surface area contributed by atoms with Crippen molar-refractivity contribution in [3.8, 4) is 0 Å². The first-order chi connectivity index (χ1) is 7.52. The fourth-order valence-electron chi connectivity index (χ4n) is 1.08. The molecule has 86 valence electrons. The van der Waals surface area contributed by atoms with E-state index in [1.165, 1.54) is 26.2 Å². The fraction of sp³-hybridized carbons (Fsp3) is 0.200. The molecule has 16 heavy (non-hydrogen) atoms. The third-order valence-electron chi connectivity index (χ3n) is 1.71. The maximum absolute atomic E-state index is 12.9. The van der Waals surface area contributed by atoms with Gasteiger partial charge in [0.1, 0.15) is 5.82 Å². The summed E-state index contributed by atoms with van der Waals surface area (Å²) in [4.78, 5) is 21.8. The maximum atomic E-state index is 12.9. The molecule has 0 atom stereocenters. The van der Waals surface area contributed by atoms with Gasteiger partial charge in [0.2, 0.25) is 5.91 Å². The zero-order chi connectivity index (χ0) is 12.1. The molecule has 0 saturated carbocycles. The molecule has 0 bridgehead atoms. The van der Waals surface area contributed by atoms with Crippen molar-refractivity contribution in [1.29, 1.82) is 0 Å². The second-order valence-corrected chi connectivity index (χ2v) is 2.99. The number of halogens is 1. The van der Waals surface area contributed by atoms with Crippen LogP contribution in [0.25, 0.3) is 0 Å². The van der Waals surface area contributed by atoms with E-state index < -0.39 is 11.9 Å². The van der Waals surface area contributed by atoms with Crippen molar-refractivity contribution in [2.75, 3.05) is 17.7 Å². The number of carbonyl (C=O) groups is 2. The number of benzene rings is 1. The maximum Gasteiger partial charge on any atom is 0.411 e. The minimum atomic E-state index is -0.739. The van der Waals surface area contributed by atoms with E-state index in [1.54, 1.807) is 0 Å². The normalized spacial score (nSPS) is 9.44. The second-order valence-electron chi connectivity index (χ2n) is 2.99. The quantitative estimate of drug-likeness (QED) is 0.810. The molecule has 0 saturated heterocycles. The molecular formula is C10H11FN2O3. The average Bonchev–Trinajstić information content (AvgIpc) is 2.21. The van der Waals surface area contributed by atoms with Crippen LogP contribution in [0.3, 0.4) is 0 Å². The summed E-state index contributed by atoms with van der Waals surface area (Å²) in [7, 11) is 1.19. The van der Waals surface area contributed by atoms with E-state index in [9.17, 15) is 14.0 Å². The lowest BCUT2D eigenvalue weighted by molar-refractivity contribution is -0.114. The smallest absolute Gasteiger partial charge is 0.411 e. The summed E-state index contributed by atoms with van der Waals surface area (Å²) in [6.45, 7) is 1.31. The molecule has 6 heteroatoms.